The Kier molecular flexibility index (Phi) is 6.00. The van der Waals surface area contributed by atoms with Gasteiger partial charge in [-0.2, -0.15) is 0 Å². The maximum Gasteiger partial charge on any atom is 0.191 e. The highest BCUT2D eigenvalue weighted by Gasteiger charge is 2.18. The molecule has 1 aliphatic rings. The van der Waals surface area contributed by atoms with Gasteiger partial charge in [0, 0.05) is 55.8 Å². The SMILES string of the molecule is NC(=NCc1nccn1Cc1ccccc1)N1CCN(c2ccc(Cl)cc2)CC1. The van der Waals surface area contributed by atoms with E-state index < -0.39 is 0 Å². The van der Waals surface area contributed by atoms with Gasteiger partial charge in [-0.15, -0.1) is 0 Å². The maximum absolute atomic E-state index is 6.27. The summed E-state index contributed by atoms with van der Waals surface area (Å²) in [4.78, 5) is 13.5. The predicted molar refractivity (Wildman–Crippen MR) is 118 cm³/mol. The molecule has 2 heterocycles. The van der Waals surface area contributed by atoms with Gasteiger partial charge in [-0.1, -0.05) is 41.9 Å². The Hall–Kier alpha value is -2.99. The summed E-state index contributed by atoms with van der Waals surface area (Å²) in [6, 6.07) is 18.3. The van der Waals surface area contributed by atoms with Crippen LogP contribution in [0.25, 0.3) is 0 Å². The Balaban J connectivity index is 1.33. The molecule has 0 spiro atoms. The number of guanidine groups is 1. The molecule has 2 N–H and O–H groups in total. The average molecular weight is 409 g/mol. The number of hydrogen-bond donors (Lipinski definition) is 1. The van der Waals surface area contributed by atoms with Crippen molar-refractivity contribution in [3.63, 3.8) is 0 Å². The molecule has 7 heteroatoms. The van der Waals surface area contributed by atoms with E-state index in [1.807, 2.05) is 42.7 Å². The zero-order valence-electron chi connectivity index (χ0n) is 16.3. The third-order valence-corrected chi connectivity index (χ3v) is 5.43. The Morgan fingerprint density at radius 3 is 2.45 bits per heavy atom. The molecule has 0 aliphatic carbocycles. The van der Waals surface area contributed by atoms with Crippen LogP contribution in [0.3, 0.4) is 0 Å². The van der Waals surface area contributed by atoms with E-state index in [0.717, 1.165) is 43.6 Å². The number of aromatic nitrogens is 2. The van der Waals surface area contributed by atoms with Crippen LogP contribution in [0.2, 0.25) is 5.02 Å². The van der Waals surface area contributed by atoms with Gasteiger partial charge >= 0.3 is 0 Å². The number of nitrogens with zero attached hydrogens (tertiary/aromatic N) is 5. The zero-order chi connectivity index (χ0) is 20.1. The molecule has 1 saturated heterocycles. The number of hydrogen-bond acceptors (Lipinski definition) is 3. The molecule has 150 valence electrons. The largest absolute Gasteiger partial charge is 0.370 e. The van der Waals surface area contributed by atoms with Crippen LogP contribution in [0.1, 0.15) is 11.4 Å². The summed E-state index contributed by atoms with van der Waals surface area (Å²) in [5.74, 6) is 1.49. The number of imidazole rings is 1. The summed E-state index contributed by atoms with van der Waals surface area (Å²) in [5.41, 5.74) is 8.70. The van der Waals surface area contributed by atoms with Gasteiger partial charge in [0.15, 0.2) is 5.96 Å². The number of nitrogens with two attached hydrogens (primary N) is 1. The van der Waals surface area contributed by atoms with Crippen LogP contribution >= 0.6 is 11.6 Å². The summed E-state index contributed by atoms with van der Waals surface area (Å²) in [6.45, 7) is 4.75. The van der Waals surface area contributed by atoms with Crippen molar-refractivity contribution in [1.82, 2.24) is 14.5 Å². The van der Waals surface area contributed by atoms with E-state index in [2.05, 4.69) is 48.6 Å². The van der Waals surface area contributed by atoms with Gasteiger partial charge in [0.2, 0.25) is 0 Å². The van der Waals surface area contributed by atoms with Gasteiger partial charge in [0.05, 0.1) is 0 Å². The molecule has 0 amide bonds. The quantitative estimate of drug-likeness (QED) is 0.520. The lowest BCUT2D eigenvalue weighted by Gasteiger charge is -2.36. The van der Waals surface area contributed by atoms with Crippen molar-refractivity contribution < 1.29 is 0 Å². The van der Waals surface area contributed by atoms with Gasteiger partial charge in [0.25, 0.3) is 0 Å². The van der Waals surface area contributed by atoms with E-state index in [1.54, 1.807) is 0 Å². The van der Waals surface area contributed by atoms with E-state index in [-0.39, 0.29) is 0 Å². The predicted octanol–water partition coefficient (Wildman–Crippen LogP) is 3.22. The van der Waals surface area contributed by atoms with Gasteiger partial charge in [-0.05, 0) is 29.8 Å². The molecule has 3 aromatic rings. The fraction of sp³-hybridized carbons (Fsp3) is 0.273. The maximum atomic E-state index is 6.27. The molecule has 0 radical (unpaired) electrons. The van der Waals surface area contributed by atoms with Crippen LogP contribution in [-0.2, 0) is 13.1 Å². The van der Waals surface area contributed by atoms with Gasteiger partial charge in [0.1, 0.15) is 12.4 Å². The monoisotopic (exact) mass is 408 g/mol. The molecule has 0 bridgehead atoms. The lowest BCUT2D eigenvalue weighted by atomic mass is 10.2. The normalized spacial score (nSPS) is 15.0. The molecule has 1 aromatic heterocycles. The lowest BCUT2D eigenvalue weighted by molar-refractivity contribution is 0.380. The second kappa shape index (κ2) is 9.01. The molecule has 0 unspecified atom stereocenters. The van der Waals surface area contributed by atoms with Crippen molar-refractivity contribution in [3.05, 3.63) is 83.4 Å². The lowest BCUT2D eigenvalue weighted by Crippen LogP contribution is -2.51. The molecule has 1 fully saturated rings. The van der Waals surface area contributed by atoms with Crippen LogP contribution in [0.4, 0.5) is 5.69 Å². The zero-order valence-corrected chi connectivity index (χ0v) is 17.0. The second-order valence-corrected chi connectivity index (χ2v) is 7.52. The smallest absolute Gasteiger partial charge is 0.191 e. The minimum absolute atomic E-state index is 0.475. The first kappa shape index (κ1) is 19.3. The summed E-state index contributed by atoms with van der Waals surface area (Å²) in [5, 5.41) is 0.759. The highest BCUT2D eigenvalue weighted by molar-refractivity contribution is 6.30. The Morgan fingerprint density at radius 2 is 1.72 bits per heavy atom. The van der Waals surface area contributed by atoms with Crippen molar-refractivity contribution in [2.75, 3.05) is 31.1 Å². The van der Waals surface area contributed by atoms with E-state index in [4.69, 9.17) is 17.3 Å². The van der Waals surface area contributed by atoms with E-state index >= 15 is 0 Å². The summed E-state index contributed by atoms with van der Waals surface area (Å²) in [6.07, 6.45) is 3.80. The molecular weight excluding hydrogens is 384 g/mol. The third kappa shape index (κ3) is 4.90. The van der Waals surface area contributed by atoms with Crippen LogP contribution in [-0.4, -0.2) is 46.6 Å². The molecule has 6 nitrogen and oxygen atoms in total. The summed E-state index contributed by atoms with van der Waals surface area (Å²) >= 11 is 5.98. The first-order chi connectivity index (χ1) is 14.2. The molecule has 0 saturated carbocycles. The van der Waals surface area contributed by atoms with Crippen molar-refractivity contribution >= 4 is 23.2 Å². The number of benzene rings is 2. The highest BCUT2D eigenvalue weighted by Crippen LogP contribution is 2.19. The first-order valence-electron chi connectivity index (χ1n) is 9.78. The van der Waals surface area contributed by atoms with Crippen molar-refractivity contribution in [2.24, 2.45) is 10.7 Å². The molecule has 4 rings (SSSR count). The first-order valence-corrected chi connectivity index (χ1v) is 10.2. The molecule has 29 heavy (non-hydrogen) atoms. The second-order valence-electron chi connectivity index (χ2n) is 7.08. The summed E-state index contributed by atoms with van der Waals surface area (Å²) < 4.78 is 2.12. The Morgan fingerprint density at radius 1 is 1.00 bits per heavy atom. The topological polar surface area (TPSA) is 62.7 Å². The van der Waals surface area contributed by atoms with Crippen LogP contribution in [0.5, 0.6) is 0 Å². The number of aliphatic imine (C=N–C) groups is 1. The van der Waals surface area contributed by atoms with Crippen molar-refractivity contribution in [2.45, 2.75) is 13.1 Å². The van der Waals surface area contributed by atoms with Crippen molar-refractivity contribution in [3.8, 4) is 0 Å². The fourth-order valence-electron chi connectivity index (χ4n) is 3.51. The summed E-state index contributed by atoms with van der Waals surface area (Å²) in [7, 11) is 0. The van der Waals surface area contributed by atoms with E-state index in [0.29, 0.717) is 12.5 Å². The number of anilines is 1. The van der Waals surface area contributed by atoms with Crippen LogP contribution in [0, 0.1) is 0 Å². The van der Waals surface area contributed by atoms with Gasteiger partial charge in [-0.25, -0.2) is 9.98 Å². The van der Waals surface area contributed by atoms with E-state index in [1.165, 1.54) is 11.3 Å². The van der Waals surface area contributed by atoms with Crippen molar-refractivity contribution in [1.29, 1.82) is 0 Å². The van der Waals surface area contributed by atoms with E-state index in [9.17, 15) is 0 Å². The minimum Gasteiger partial charge on any atom is -0.370 e. The molecule has 1 aliphatic heterocycles. The van der Waals surface area contributed by atoms with Crippen LogP contribution in [0.15, 0.2) is 72.0 Å². The van der Waals surface area contributed by atoms with Gasteiger partial charge < -0.3 is 20.1 Å². The minimum atomic E-state index is 0.475. The highest BCUT2D eigenvalue weighted by atomic mass is 35.5. The number of piperazine rings is 1. The Bertz CT molecular complexity index is 943. The Labute approximate surface area is 176 Å². The number of rotatable bonds is 5. The third-order valence-electron chi connectivity index (χ3n) is 5.18. The average Bonchev–Trinajstić information content (AvgIpc) is 3.20. The van der Waals surface area contributed by atoms with Crippen LogP contribution < -0.4 is 10.6 Å². The molecule has 0 atom stereocenters. The molecule has 2 aromatic carbocycles. The number of halogens is 1. The standard InChI is InChI=1S/C22H25ClN6/c23-19-6-8-20(9-7-19)27-12-14-28(15-13-27)22(24)26-16-21-25-10-11-29(21)17-18-4-2-1-3-5-18/h1-11H,12-17H2,(H2,24,26). The fourth-order valence-corrected chi connectivity index (χ4v) is 3.64. The molecular formula is C22H25ClN6. The van der Waals surface area contributed by atoms with Gasteiger partial charge in [-0.3, -0.25) is 0 Å².